The van der Waals surface area contributed by atoms with Crippen molar-refractivity contribution in [3.05, 3.63) is 65.0 Å². The topological polar surface area (TPSA) is 77.0 Å². The molecule has 28 heavy (non-hydrogen) atoms. The molecule has 0 fully saturated rings. The monoisotopic (exact) mass is 394 g/mol. The van der Waals surface area contributed by atoms with E-state index in [2.05, 4.69) is 10.5 Å². The van der Waals surface area contributed by atoms with Gasteiger partial charge in [0.05, 0.1) is 6.61 Å². The van der Waals surface area contributed by atoms with Gasteiger partial charge in [-0.1, -0.05) is 35.5 Å². The van der Waals surface area contributed by atoms with Crippen LogP contribution in [0.15, 0.2) is 59.8 Å². The molecule has 1 aliphatic rings. The predicted molar refractivity (Wildman–Crippen MR) is 109 cm³/mol. The summed E-state index contributed by atoms with van der Waals surface area (Å²) in [5, 5.41) is 7.67. The second-order valence-electron chi connectivity index (χ2n) is 6.28. The summed E-state index contributed by atoms with van der Waals surface area (Å²) in [7, 11) is 0. The molecule has 0 saturated heterocycles. The minimum absolute atomic E-state index is 0.242. The van der Waals surface area contributed by atoms with Crippen molar-refractivity contribution in [1.82, 2.24) is 0 Å². The Hall–Kier alpha value is -3.19. The number of hydrogen-bond donors (Lipinski definition) is 1. The Kier molecular flexibility index (Phi) is 5.08. The second kappa shape index (κ2) is 7.82. The Balaban J connectivity index is 1.44. The van der Waals surface area contributed by atoms with Gasteiger partial charge in [-0.3, -0.25) is 4.79 Å². The van der Waals surface area contributed by atoms with Gasteiger partial charge in [0, 0.05) is 16.8 Å². The summed E-state index contributed by atoms with van der Waals surface area (Å²) < 4.78 is 5.99. The van der Waals surface area contributed by atoms with E-state index in [-0.39, 0.29) is 18.0 Å². The van der Waals surface area contributed by atoms with Crippen molar-refractivity contribution in [3.8, 4) is 0 Å². The Labute approximate surface area is 165 Å². The number of benzene rings is 2. The Bertz CT molecular complexity index is 1060. The predicted octanol–water partition coefficient (Wildman–Crippen LogP) is 4.53. The lowest BCUT2D eigenvalue weighted by atomic mass is 10.0. The number of esters is 1. The number of hydrogen-bond acceptors (Lipinski definition) is 6. The van der Waals surface area contributed by atoms with Gasteiger partial charge in [0.2, 0.25) is 0 Å². The molecule has 0 aliphatic carbocycles. The summed E-state index contributed by atoms with van der Waals surface area (Å²) in [5.41, 5.74) is 1.98. The van der Waals surface area contributed by atoms with Gasteiger partial charge in [-0.15, -0.1) is 11.3 Å². The zero-order valence-electron chi connectivity index (χ0n) is 15.2. The average molecular weight is 394 g/mol. The number of rotatable bonds is 5. The molecule has 2 aromatic carbocycles. The van der Waals surface area contributed by atoms with Crippen LogP contribution in [0.2, 0.25) is 0 Å². The Morgan fingerprint density at radius 1 is 1.21 bits per heavy atom. The van der Waals surface area contributed by atoms with E-state index in [1.807, 2.05) is 42.5 Å². The second-order valence-corrected chi connectivity index (χ2v) is 7.37. The van der Waals surface area contributed by atoms with Gasteiger partial charge in [-0.2, -0.15) is 0 Å². The SMILES string of the molecule is CCOC(=O)c1cc2cc(NC(=O)C3=NOC(c4ccccc4)C3)ccc2s1. The minimum Gasteiger partial charge on any atom is -0.462 e. The summed E-state index contributed by atoms with van der Waals surface area (Å²) in [6.07, 6.45) is 0.178. The summed E-state index contributed by atoms with van der Waals surface area (Å²) >= 11 is 1.37. The molecule has 0 spiro atoms. The average Bonchev–Trinajstić information content (AvgIpc) is 3.36. The zero-order valence-corrected chi connectivity index (χ0v) is 16.0. The lowest BCUT2D eigenvalue weighted by molar-refractivity contribution is -0.110. The quantitative estimate of drug-likeness (QED) is 0.645. The molecular formula is C21H18N2O4S. The fraction of sp³-hybridized carbons (Fsp3) is 0.190. The largest absolute Gasteiger partial charge is 0.462 e. The van der Waals surface area contributed by atoms with Crippen molar-refractivity contribution >= 4 is 44.7 Å². The first-order chi connectivity index (χ1) is 13.6. The molecule has 0 saturated carbocycles. The van der Waals surface area contributed by atoms with E-state index in [9.17, 15) is 9.59 Å². The molecule has 0 bridgehead atoms. The number of ether oxygens (including phenoxy) is 1. The van der Waals surface area contributed by atoms with E-state index in [1.54, 1.807) is 19.1 Å². The third kappa shape index (κ3) is 3.75. The number of fused-ring (bicyclic) bond motifs is 1. The molecule has 1 atom stereocenters. The number of oxime groups is 1. The van der Waals surface area contributed by atoms with Crippen molar-refractivity contribution in [2.75, 3.05) is 11.9 Å². The number of nitrogens with one attached hydrogen (secondary N) is 1. The number of thiophene rings is 1. The van der Waals surface area contributed by atoms with Crippen LogP contribution in [0.3, 0.4) is 0 Å². The minimum atomic E-state index is -0.335. The maximum absolute atomic E-state index is 12.5. The van der Waals surface area contributed by atoms with Crippen LogP contribution in [0.25, 0.3) is 10.1 Å². The standard InChI is InChI=1S/C21H18N2O4S/c1-2-26-21(25)19-11-14-10-15(8-9-18(14)28-19)22-20(24)16-12-17(27-23-16)13-6-4-3-5-7-13/h3-11,17H,2,12H2,1H3,(H,22,24). The van der Waals surface area contributed by atoms with Crippen molar-refractivity contribution in [2.45, 2.75) is 19.4 Å². The van der Waals surface area contributed by atoms with Crippen molar-refractivity contribution < 1.29 is 19.2 Å². The van der Waals surface area contributed by atoms with E-state index in [0.29, 0.717) is 29.3 Å². The van der Waals surface area contributed by atoms with Gasteiger partial charge < -0.3 is 14.9 Å². The molecule has 2 heterocycles. The van der Waals surface area contributed by atoms with Gasteiger partial charge in [0.25, 0.3) is 5.91 Å². The lowest BCUT2D eigenvalue weighted by Crippen LogP contribution is -2.21. The number of anilines is 1. The maximum atomic E-state index is 12.5. The molecule has 7 heteroatoms. The summed E-state index contributed by atoms with van der Waals surface area (Å²) in [6.45, 7) is 2.11. The van der Waals surface area contributed by atoms with E-state index in [1.165, 1.54) is 11.3 Å². The van der Waals surface area contributed by atoms with Gasteiger partial charge in [0.1, 0.15) is 10.6 Å². The van der Waals surface area contributed by atoms with E-state index in [0.717, 1.165) is 15.6 Å². The van der Waals surface area contributed by atoms with E-state index in [4.69, 9.17) is 9.57 Å². The molecule has 4 rings (SSSR count). The van der Waals surface area contributed by atoms with Crippen LogP contribution in [0, 0.1) is 0 Å². The van der Waals surface area contributed by atoms with Gasteiger partial charge in [-0.05, 0) is 42.1 Å². The first kappa shape index (κ1) is 18.2. The smallest absolute Gasteiger partial charge is 0.348 e. The van der Waals surface area contributed by atoms with E-state index >= 15 is 0 Å². The number of carbonyl (C=O) groups is 2. The zero-order chi connectivity index (χ0) is 19.5. The highest BCUT2D eigenvalue weighted by Gasteiger charge is 2.27. The summed E-state index contributed by atoms with van der Waals surface area (Å²) in [4.78, 5) is 30.4. The van der Waals surface area contributed by atoms with E-state index < -0.39 is 0 Å². The fourth-order valence-electron chi connectivity index (χ4n) is 2.99. The Morgan fingerprint density at radius 2 is 2.04 bits per heavy atom. The third-order valence-corrected chi connectivity index (χ3v) is 5.45. The van der Waals surface area contributed by atoms with Gasteiger partial charge in [-0.25, -0.2) is 4.79 Å². The highest BCUT2D eigenvalue weighted by Crippen LogP contribution is 2.30. The van der Waals surface area contributed by atoms with Crippen molar-refractivity contribution in [1.29, 1.82) is 0 Å². The molecule has 142 valence electrons. The van der Waals surface area contributed by atoms with Crippen LogP contribution in [0.4, 0.5) is 5.69 Å². The highest BCUT2D eigenvalue weighted by molar-refractivity contribution is 7.20. The van der Waals surface area contributed by atoms with Crippen molar-refractivity contribution in [3.63, 3.8) is 0 Å². The van der Waals surface area contributed by atoms with Crippen LogP contribution in [-0.4, -0.2) is 24.2 Å². The molecule has 1 aliphatic heterocycles. The summed E-state index contributed by atoms with van der Waals surface area (Å²) in [5.74, 6) is -0.627. The maximum Gasteiger partial charge on any atom is 0.348 e. The normalized spacial score (nSPS) is 15.8. The molecule has 1 amide bonds. The molecule has 6 nitrogen and oxygen atoms in total. The molecule has 1 N–H and O–H groups in total. The fourth-order valence-corrected chi connectivity index (χ4v) is 3.92. The van der Waals surface area contributed by atoms with Gasteiger partial charge >= 0.3 is 5.97 Å². The van der Waals surface area contributed by atoms with Crippen LogP contribution >= 0.6 is 11.3 Å². The molecule has 1 unspecified atom stereocenters. The lowest BCUT2D eigenvalue weighted by Gasteiger charge is -2.07. The van der Waals surface area contributed by atoms with Crippen molar-refractivity contribution in [2.24, 2.45) is 5.16 Å². The Morgan fingerprint density at radius 3 is 2.82 bits per heavy atom. The third-order valence-electron chi connectivity index (χ3n) is 4.35. The van der Waals surface area contributed by atoms with Crippen LogP contribution < -0.4 is 5.32 Å². The molecule has 0 radical (unpaired) electrons. The van der Waals surface area contributed by atoms with Gasteiger partial charge in [0.15, 0.2) is 6.10 Å². The molecule has 3 aromatic rings. The number of nitrogens with zero attached hydrogens (tertiary/aromatic N) is 1. The number of carbonyl (C=O) groups excluding carboxylic acids is 2. The first-order valence-electron chi connectivity index (χ1n) is 8.93. The highest BCUT2D eigenvalue weighted by atomic mass is 32.1. The molecular weight excluding hydrogens is 376 g/mol. The van der Waals surface area contributed by atoms with Crippen LogP contribution in [-0.2, 0) is 14.4 Å². The summed E-state index contributed by atoms with van der Waals surface area (Å²) in [6, 6.07) is 17.0. The molecule has 1 aromatic heterocycles. The first-order valence-corrected chi connectivity index (χ1v) is 9.75. The van der Waals surface area contributed by atoms with Crippen LogP contribution in [0.5, 0.6) is 0 Å². The van der Waals surface area contributed by atoms with Crippen LogP contribution in [0.1, 0.15) is 34.7 Å². The number of amides is 1.